The van der Waals surface area contributed by atoms with E-state index in [1.54, 1.807) is 20.1 Å². The number of ether oxygens (including phenoxy) is 1. The van der Waals surface area contributed by atoms with Crippen LogP contribution in [0.5, 0.6) is 0 Å². The van der Waals surface area contributed by atoms with Gasteiger partial charge < -0.3 is 9.30 Å². The van der Waals surface area contributed by atoms with Crippen molar-refractivity contribution in [2.75, 3.05) is 13.7 Å². The highest BCUT2D eigenvalue weighted by Crippen LogP contribution is 2.25. The minimum Gasteiger partial charge on any atom is -0.383 e. The van der Waals surface area contributed by atoms with E-state index in [1.807, 2.05) is 11.5 Å². The van der Waals surface area contributed by atoms with Crippen molar-refractivity contribution in [3.63, 3.8) is 0 Å². The molecule has 0 spiro atoms. The summed E-state index contributed by atoms with van der Waals surface area (Å²) in [5.41, 5.74) is 2.14. The molecule has 1 atom stereocenters. The van der Waals surface area contributed by atoms with Crippen LogP contribution in [0.4, 0.5) is 4.39 Å². The quantitative estimate of drug-likeness (QED) is 0.796. The van der Waals surface area contributed by atoms with Gasteiger partial charge in [0.15, 0.2) is 0 Å². The molecule has 0 aliphatic rings. The number of methoxy groups -OCH3 is 1. The molecule has 0 N–H and O–H groups in total. The Kier molecular flexibility index (Phi) is 3.88. The average Bonchev–Trinajstić information content (AvgIpc) is 2.68. The third-order valence-electron chi connectivity index (χ3n) is 3.01. The Bertz CT molecular complexity index is 568. The monoisotopic (exact) mass is 270 g/mol. The van der Waals surface area contributed by atoms with Crippen molar-refractivity contribution >= 4 is 22.6 Å². The van der Waals surface area contributed by atoms with Crippen LogP contribution >= 0.6 is 11.6 Å². The SMILES string of the molecule is COCC(C)n1c(CCl)nc2cc(F)c(C)cc21. The lowest BCUT2D eigenvalue weighted by atomic mass is 10.2. The van der Waals surface area contributed by atoms with E-state index in [0.717, 1.165) is 11.3 Å². The number of alkyl halides is 1. The number of imidazole rings is 1. The second-order valence-corrected chi connectivity index (χ2v) is 4.69. The number of aromatic nitrogens is 2. The maximum atomic E-state index is 13.5. The van der Waals surface area contributed by atoms with Crippen LogP contribution in [-0.4, -0.2) is 23.3 Å². The third kappa shape index (κ3) is 2.22. The van der Waals surface area contributed by atoms with Gasteiger partial charge in [-0.15, -0.1) is 11.6 Å². The van der Waals surface area contributed by atoms with Gasteiger partial charge in [-0.1, -0.05) is 0 Å². The van der Waals surface area contributed by atoms with Crippen LogP contribution in [0.3, 0.4) is 0 Å². The molecule has 2 rings (SSSR count). The Morgan fingerprint density at radius 1 is 1.50 bits per heavy atom. The molecule has 0 aliphatic heterocycles. The van der Waals surface area contributed by atoms with Crippen molar-refractivity contribution in [3.8, 4) is 0 Å². The molecule has 0 bridgehead atoms. The lowest BCUT2D eigenvalue weighted by Gasteiger charge is -2.16. The average molecular weight is 271 g/mol. The van der Waals surface area contributed by atoms with Gasteiger partial charge >= 0.3 is 0 Å². The zero-order valence-corrected chi connectivity index (χ0v) is 11.5. The zero-order valence-electron chi connectivity index (χ0n) is 10.7. The van der Waals surface area contributed by atoms with E-state index < -0.39 is 0 Å². The third-order valence-corrected chi connectivity index (χ3v) is 3.25. The largest absolute Gasteiger partial charge is 0.383 e. The first-order valence-corrected chi connectivity index (χ1v) is 6.33. The van der Waals surface area contributed by atoms with Gasteiger partial charge in [0.1, 0.15) is 11.6 Å². The Morgan fingerprint density at radius 2 is 2.22 bits per heavy atom. The van der Waals surface area contributed by atoms with Crippen LogP contribution in [-0.2, 0) is 10.6 Å². The summed E-state index contributed by atoms with van der Waals surface area (Å²) in [6.45, 7) is 4.33. The Balaban J connectivity index is 2.64. The number of fused-ring (bicyclic) bond motifs is 1. The summed E-state index contributed by atoms with van der Waals surface area (Å²) >= 11 is 5.91. The maximum absolute atomic E-state index is 13.5. The van der Waals surface area contributed by atoms with Crippen molar-refractivity contribution in [2.24, 2.45) is 0 Å². The highest BCUT2D eigenvalue weighted by molar-refractivity contribution is 6.16. The van der Waals surface area contributed by atoms with Gasteiger partial charge in [-0.2, -0.15) is 0 Å². The Labute approximate surface area is 111 Å². The predicted molar refractivity (Wildman–Crippen MR) is 70.6 cm³/mol. The zero-order chi connectivity index (χ0) is 13.3. The fraction of sp³-hybridized carbons (Fsp3) is 0.462. The molecular weight excluding hydrogens is 255 g/mol. The second-order valence-electron chi connectivity index (χ2n) is 4.43. The van der Waals surface area contributed by atoms with Crippen LogP contribution in [0, 0.1) is 12.7 Å². The molecule has 2 aromatic rings. The van der Waals surface area contributed by atoms with Gasteiger partial charge in [0, 0.05) is 13.2 Å². The van der Waals surface area contributed by atoms with Crippen LogP contribution in [0.2, 0.25) is 0 Å². The molecule has 0 amide bonds. The van der Waals surface area contributed by atoms with E-state index in [1.165, 1.54) is 6.07 Å². The molecule has 18 heavy (non-hydrogen) atoms. The van der Waals surface area contributed by atoms with Gasteiger partial charge in [0.05, 0.1) is 29.6 Å². The van der Waals surface area contributed by atoms with E-state index in [9.17, 15) is 4.39 Å². The van der Waals surface area contributed by atoms with Crippen molar-refractivity contribution in [1.29, 1.82) is 0 Å². The molecule has 0 saturated heterocycles. The van der Waals surface area contributed by atoms with Gasteiger partial charge in [0.25, 0.3) is 0 Å². The van der Waals surface area contributed by atoms with Crippen LogP contribution in [0.15, 0.2) is 12.1 Å². The standard InChI is InChI=1S/C13H16ClFN2O/c1-8-4-12-11(5-10(8)15)16-13(6-14)17(12)9(2)7-18-3/h4-5,9H,6-7H2,1-3H3. The van der Waals surface area contributed by atoms with Crippen LogP contribution in [0.25, 0.3) is 11.0 Å². The molecule has 0 aliphatic carbocycles. The number of hydrogen-bond acceptors (Lipinski definition) is 2. The minimum atomic E-state index is -0.243. The summed E-state index contributed by atoms with van der Waals surface area (Å²) in [5, 5.41) is 0. The number of benzene rings is 1. The van der Waals surface area contributed by atoms with E-state index in [2.05, 4.69) is 4.98 Å². The summed E-state index contributed by atoms with van der Waals surface area (Å²) in [5.74, 6) is 0.789. The first-order valence-electron chi connectivity index (χ1n) is 5.80. The van der Waals surface area contributed by atoms with Crippen molar-refractivity contribution in [2.45, 2.75) is 25.8 Å². The van der Waals surface area contributed by atoms with Crippen molar-refractivity contribution in [3.05, 3.63) is 29.3 Å². The molecule has 0 radical (unpaired) electrons. The van der Waals surface area contributed by atoms with Gasteiger partial charge in [-0.3, -0.25) is 0 Å². The first kappa shape index (κ1) is 13.3. The molecular formula is C13H16ClFN2O. The predicted octanol–water partition coefficient (Wildman–Crippen LogP) is 3.43. The normalized spacial score (nSPS) is 13.2. The topological polar surface area (TPSA) is 27.1 Å². The summed E-state index contributed by atoms with van der Waals surface area (Å²) in [6, 6.07) is 3.37. The van der Waals surface area contributed by atoms with Crippen molar-refractivity contribution in [1.82, 2.24) is 9.55 Å². The number of aryl methyl sites for hydroxylation is 1. The molecule has 1 unspecified atom stereocenters. The van der Waals surface area contributed by atoms with E-state index in [4.69, 9.17) is 16.3 Å². The number of rotatable bonds is 4. The minimum absolute atomic E-state index is 0.110. The summed E-state index contributed by atoms with van der Waals surface area (Å²) in [4.78, 5) is 4.37. The van der Waals surface area contributed by atoms with E-state index >= 15 is 0 Å². The molecule has 0 fully saturated rings. The van der Waals surface area contributed by atoms with E-state index in [-0.39, 0.29) is 11.9 Å². The summed E-state index contributed by atoms with van der Waals surface area (Å²) in [6.07, 6.45) is 0. The van der Waals surface area contributed by atoms with Crippen LogP contribution < -0.4 is 0 Å². The van der Waals surface area contributed by atoms with Crippen molar-refractivity contribution < 1.29 is 9.13 Å². The van der Waals surface area contributed by atoms with Gasteiger partial charge in [-0.25, -0.2) is 9.37 Å². The molecule has 1 aromatic heterocycles. The lowest BCUT2D eigenvalue weighted by Crippen LogP contribution is -2.13. The highest BCUT2D eigenvalue weighted by Gasteiger charge is 2.16. The number of halogens is 2. The second kappa shape index (κ2) is 5.24. The fourth-order valence-corrected chi connectivity index (χ4v) is 2.36. The first-order chi connectivity index (χ1) is 8.58. The highest BCUT2D eigenvalue weighted by atomic mass is 35.5. The summed E-state index contributed by atoms with van der Waals surface area (Å²) in [7, 11) is 1.65. The Morgan fingerprint density at radius 3 is 2.83 bits per heavy atom. The molecule has 0 saturated carbocycles. The lowest BCUT2D eigenvalue weighted by molar-refractivity contribution is 0.163. The van der Waals surface area contributed by atoms with Gasteiger partial charge in [0.2, 0.25) is 0 Å². The van der Waals surface area contributed by atoms with Crippen LogP contribution in [0.1, 0.15) is 24.4 Å². The molecule has 1 aromatic carbocycles. The number of nitrogens with zero attached hydrogens (tertiary/aromatic N) is 2. The Hall–Kier alpha value is -1.13. The van der Waals surface area contributed by atoms with Gasteiger partial charge in [-0.05, 0) is 25.5 Å². The molecule has 98 valence electrons. The molecule has 3 nitrogen and oxygen atoms in total. The number of hydrogen-bond donors (Lipinski definition) is 0. The van der Waals surface area contributed by atoms with E-state index in [0.29, 0.717) is 23.6 Å². The fourth-order valence-electron chi connectivity index (χ4n) is 2.17. The molecule has 5 heteroatoms. The smallest absolute Gasteiger partial charge is 0.128 e. The summed E-state index contributed by atoms with van der Waals surface area (Å²) < 4.78 is 20.7. The molecule has 1 heterocycles. The maximum Gasteiger partial charge on any atom is 0.128 e.